The van der Waals surface area contributed by atoms with E-state index in [2.05, 4.69) is 27.7 Å². The van der Waals surface area contributed by atoms with Crippen LogP contribution in [0.5, 0.6) is 0 Å². The highest BCUT2D eigenvalue weighted by Crippen LogP contribution is 2.30. The smallest absolute Gasteiger partial charge is 0.251 e. The Hall–Kier alpha value is -2.66. The molecule has 0 aromatic heterocycles. The Morgan fingerprint density at radius 2 is 1.69 bits per heavy atom. The van der Waals surface area contributed by atoms with E-state index in [9.17, 15) is 9.59 Å². The predicted octanol–water partition coefficient (Wildman–Crippen LogP) is 3.95. The van der Waals surface area contributed by atoms with Gasteiger partial charge >= 0.3 is 0 Å². The quantitative estimate of drug-likeness (QED) is 0.751. The minimum atomic E-state index is -0.0815. The predicted molar refractivity (Wildman–Crippen MR) is 115 cm³/mol. The second-order valence-electron chi connectivity index (χ2n) is 8.18. The zero-order valence-electron chi connectivity index (χ0n) is 16.8. The average molecular weight is 392 g/mol. The minimum Gasteiger partial charge on any atom is -0.348 e. The molecule has 29 heavy (non-hydrogen) atoms. The van der Waals surface area contributed by atoms with Crippen molar-refractivity contribution in [3.05, 3.63) is 65.2 Å². The molecular formula is C24H29N3O2. The zero-order valence-corrected chi connectivity index (χ0v) is 16.8. The highest BCUT2D eigenvalue weighted by molar-refractivity contribution is 5.95. The maximum absolute atomic E-state index is 12.5. The van der Waals surface area contributed by atoms with Crippen molar-refractivity contribution >= 4 is 17.5 Å². The van der Waals surface area contributed by atoms with Gasteiger partial charge in [-0.15, -0.1) is 0 Å². The molecule has 1 heterocycles. The third-order valence-electron chi connectivity index (χ3n) is 5.67. The molecule has 0 radical (unpaired) electrons. The third-order valence-corrected chi connectivity index (χ3v) is 5.67. The molecule has 2 N–H and O–H groups in total. The molecule has 0 spiro atoms. The molecule has 0 atom stereocenters. The number of anilines is 1. The zero-order chi connectivity index (χ0) is 20.1. The normalized spacial score (nSPS) is 17.0. The Bertz CT molecular complexity index is 853. The van der Waals surface area contributed by atoms with Gasteiger partial charge in [0.1, 0.15) is 0 Å². The van der Waals surface area contributed by atoms with Gasteiger partial charge in [0, 0.05) is 30.3 Å². The molecule has 1 aliphatic carbocycles. The molecule has 2 aromatic rings. The second kappa shape index (κ2) is 9.23. The van der Waals surface area contributed by atoms with Gasteiger partial charge < -0.3 is 10.6 Å². The van der Waals surface area contributed by atoms with E-state index >= 15 is 0 Å². The maximum atomic E-state index is 12.5. The summed E-state index contributed by atoms with van der Waals surface area (Å²) in [5, 5.41) is 5.92. The summed E-state index contributed by atoms with van der Waals surface area (Å²) in [4.78, 5) is 26.9. The van der Waals surface area contributed by atoms with Crippen molar-refractivity contribution in [2.24, 2.45) is 5.92 Å². The minimum absolute atomic E-state index is 0.0815. The van der Waals surface area contributed by atoms with Crippen molar-refractivity contribution in [3.8, 4) is 0 Å². The fourth-order valence-corrected chi connectivity index (χ4v) is 3.77. The van der Waals surface area contributed by atoms with E-state index in [0.717, 1.165) is 30.6 Å². The molecule has 5 heteroatoms. The number of piperidine rings is 1. The number of rotatable bonds is 7. The van der Waals surface area contributed by atoms with Crippen molar-refractivity contribution in [3.63, 3.8) is 0 Å². The van der Waals surface area contributed by atoms with Gasteiger partial charge in [0.05, 0.1) is 0 Å². The van der Waals surface area contributed by atoms with Crippen LogP contribution in [0.25, 0.3) is 0 Å². The van der Waals surface area contributed by atoms with E-state index < -0.39 is 0 Å². The van der Waals surface area contributed by atoms with Crippen LogP contribution >= 0.6 is 0 Å². The lowest BCUT2D eigenvalue weighted by molar-refractivity contribution is -0.117. The molecule has 0 bridgehead atoms. The fourth-order valence-electron chi connectivity index (χ4n) is 3.77. The summed E-state index contributed by atoms with van der Waals surface area (Å²) in [5.41, 5.74) is 3.68. The largest absolute Gasteiger partial charge is 0.348 e. The molecule has 2 fully saturated rings. The third kappa shape index (κ3) is 5.67. The summed E-state index contributed by atoms with van der Waals surface area (Å²) in [7, 11) is 0. The van der Waals surface area contributed by atoms with Crippen LogP contribution in [-0.4, -0.2) is 29.8 Å². The van der Waals surface area contributed by atoms with E-state index in [0.29, 0.717) is 12.1 Å². The van der Waals surface area contributed by atoms with Gasteiger partial charge in [0.2, 0.25) is 5.91 Å². The first-order valence-corrected chi connectivity index (χ1v) is 10.7. The Kier molecular flexibility index (Phi) is 6.25. The number of benzene rings is 2. The van der Waals surface area contributed by atoms with Crippen LogP contribution in [0.4, 0.5) is 5.69 Å². The van der Waals surface area contributed by atoms with Crippen LogP contribution in [-0.2, 0) is 17.9 Å². The maximum Gasteiger partial charge on any atom is 0.251 e. The number of likely N-dealkylation sites (tertiary alicyclic amines) is 1. The van der Waals surface area contributed by atoms with Crippen molar-refractivity contribution in [1.82, 2.24) is 10.2 Å². The van der Waals surface area contributed by atoms with Crippen LogP contribution in [0.2, 0.25) is 0 Å². The monoisotopic (exact) mass is 391 g/mol. The van der Waals surface area contributed by atoms with Crippen LogP contribution in [0.1, 0.15) is 53.6 Å². The summed E-state index contributed by atoms with van der Waals surface area (Å²) >= 11 is 0. The molecule has 2 aromatic carbocycles. The molecule has 2 amide bonds. The second-order valence-corrected chi connectivity index (χ2v) is 8.18. The molecule has 152 valence electrons. The molecular weight excluding hydrogens is 362 g/mol. The Morgan fingerprint density at radius 1 is 0.931 bits per heavy atom. The van der Waals surface area contributed by atoms with Gasteiger partial charge in [-0.2, -0.15) is 0 Å². The fraction of sp³-hybridized carbons (Fsp3) is 0.417. The molecule has 5 nitrogen and oxygen atoms in total. The van der Waals surface area contributed by atoms with Crippen LogP contribution in [0, 0.1) is 5.92 Å². The lowest BCUT2D eigenvalue weighted by atomic mass is 10.1. The number of carbonyl (C=O) groups excluding carboxylic acids is 2. The summed E-state index contributed by atoms with van der Waals surface area (Å²) in [5.74, 6) is 0.189. The first-order valence-electron chi connectivity index (χ1n) is 10.7. The molecule has 2 aliphatic rings. The van der Waals surface area contributed by atoms with E-state index in [4.69, 9.17) is 0 Å². The van der Waals surface area contributed by atoms with Gasteiger partial charge in [0.25, 0.3) is 5.91 Å². The van der Waals surface area contributed by atoms with Gasteiger partial charge in [-0.3, -0.25) is 14.5 Å². The SMILES string of the molecule is O=C(NCc1cccc(NC(=O)C2CC2)c1)c1ccc(CN2CCCCC2)cc1. The highest BCUT2D eigenvalue weighted by atomic mass is 16.2. The molecule has 0 unspecified atom stereocenters. The number of nitrogens with one attached hydrogen (secondary N) is 2. The summed E-state index contributed by atoms with van der Waals surface area (Å²) in [6, 6.07) is 15.6. The van der Waals surface area contributed by atoms with Crippen LogP contribution in [0.15, 0.2) is 48.5 Å². The molecule has 1 aliphatic heterocycles. The Balaban J connectivity index is 1.28. The van der Waals surface area contributed by atoms with Crippen LogP contribution < -0.4 is 10.6 Å². The summed E-state index contributed by atoms with van der Waals surface area (Å²) < 4.78 is 0. The number of hydrogen-bond acceptors (Lipinski definition) is 3. The number of carbonyl (C=O) groups is 2. The lowest BCUT2D eigenvalue weighted by Gasteiger charge is -2.26. The first kappa shape index (κ1) is 19.6. The number of amides is 2. The van der Waals surface area contributed by atoms with E-state index in [1.54, 1.807) is 0 Å². The first-order chi connectivity index (χ1) is 14.2. The van der Waals surface area contributed by atoms with Crippen molar-refractivity contribution < 1.29 is 9.59 Å². The summed E-state index contributed by atoms with van der Waals surface area (Å²) in [6.07, 6.45) is 5.88. The van der Waals surface area contributed by atoms with E-state index in [1.807, 2.05) is 36.4 Å². The molecule has 1 saturated heterocycles. The van der Waals surface area contributed by atoms with Crippen molar-refractivity contribution in [1.29, 1.82) is 0 Å². The van der Waals surface area contributed by atoms with E-state index in [1.165, 1.54) is 37.9 Å². The number of hydrogen-bond donors (Lipinski definition) is 2. The standard InChI is InChI=1S/C24H29N3O2/c28-23(20-9-7-18(8-10-20)17-27-13-2-1-3-14-27)25-16-19-5-4-6-22(15-19)26-24(29)21-11-12-21/h4-10,15,21H,1-3,11-14,16-17H2,(H,25,28)(H,26,29). The van der Waals surface area contributed by atoms with Gasteiger partial charge in [-0.05, 0) is 74.2 Å². The molecule has 4 rings (SSSR count). The Morgan fingerprint density at radius 3 is 2.41 bits per heavy atom. The van der Waals surface area contributed by atoms with Gasteiger partial charge in [0.15, 0.2) is 0 Å². The lowest BCUT2D eigenvalue weighted by Crippen LogP contribution is -2.29. The topological polar surface area (TPSA) is 61.4 Å². The Labute approximate surface area is 172 Å². The van der Waals surface area contributed by atoms with Crippen molar-refractivity contribution in [2.45, 2.75) is 45.2 Å². The van der Waals surface area contributed by atoms with E-state index in [-0.39, 0.29) is 17.7 Å². The molecule has 1 saturated carbocycles. The van der Waals surface area contributed by atoms with Crippen molar-refractivity contribution in [2.75, 3.05) is 18.4 Å². The number of nitrogens with zero attached hydrogens (tertiary/aromatic N) is 1. The summed E-state index contributed by atoms with van der Waals surface area (Å²) in [6.45, 7) is 3.73. The van der Waals surface area contributed by atoms with Gasteiger partial charge in [-0.1, -0.05) is 30.7 Å². The van der Waals surface area contributed by atoms with Gasteiger partial charge in [-0.25, -0.2) is 0 Å². The highest BCUT2D eigenvalue weighted by Gasteiger charge is 2.29. The average Bonchev–Trinajstić information content (AvgIpc) is 3.59. The van der Waals surface area contributed by atoms with Crippen LogP contribution in [0.3, 0.4) is 0 Å².